The maximum absolute atomic E-state index is 13.0. The Hall–Kier alpha value is -1.25. The lowest BCUT2D eigenvalue weighted by Crippen LogP contribution is -2.29. The molecule has 4 N–H and O–H groups in total. The first-order valence-electron chi connectivity index (χ1n) is 4.04. The van der Waals surface area contributed by atoms with E-state index in [1.165, 1.54) is 0 Å². The highest BCUT2D eigenvalue weighted by molar-refractivity contribution is 5.26. The van der Waals surface area contributed by atoms with Crippen molar-refractivity contribution in [2.24, 2.45) is 5.84 Å². The SMILES string of the molecule is NNCC(O)c1c(F)c(F)c(F)c(F)c1F. The van der Waals surface area contributed by atoms with Gasteiger partial charge in [0.15, 0.2) is 23.3 Å². The summed E-state index contributed by atoms with van der Waals surface area (Å²) < 4.78 is 64.0. The van der Waals surface area contributed by atoms with Crippen LogP contribution in [0.2, 0.25) is 0 Å². The molecule has 0 aliphatic heterocycles. The molecule has 0 bridgehead atoms. The molecule has 0 spiro atoms. The van der Waals surface area contributed by atoms with Crippen molar-refractivity contribution in [1.29, 1.82) is 0 Å². The number of aliphatic hydroxyl groups excluding tert-OH is 1. The minimum Gasteiger partial charge on any atom is -0.387 e. The Morgan fingerprint density at radius 3 is 1.69 bits per heavy atom. The van der Waals surface area contributed by atoms with Crippen molar-refractivity contribution in [2.75, 3.05) is 6.54 Å². The molecule has 0 amide bonds. The summed E-state index contributed by atoms with van der Waals surface area (Å²) in [7, 11) is 0. The van der Waals surface area contributed by atoms with Crippen LogP contribution in [-0.2, 0) is 0 Å². The van der Waals surface area contributed by atoms with Gasteiger partial charge in [-0.05, 0) is 0 Å². The summed E-state index contributed by atoms with van der Waals surface area (Å²) in [5.41, 5.74) is 0.541. The van der Waals surface area contributed by atoms with Crippen molar-refractivity contribution in [3.05, 3.63) is 34.6 Å². The Morgan fingerprint density at radius 2 is 1.31 bits per heavy atom. The molecule has 90 valence electrons. The lowest BCUT2D eigenvalue weighted by Gasteiger charge is -2.13. The van der Waals surface area contributed by atoms with Crippen LogP contribution in [0.3, 0.4) is 0 Å². The van der Waals surface area contributed by atoms with E-state index in [1.807, 2.05) is 5.43 Å². The molecule has 1 aromatic carbocycles. The summed E-state index contributed by atoms with van der Waals surface area (Å²) in [5.74, 6) is -5.87. The third kappa shape index (κ3) is 1.99. The number of hydrogen-bond acceptors (Lipinski definition) is 3. The molecule has 0 saturated heterocycles. The van der Waals surface area contributed by atoms with Crippen molar-refractivity contribution in [3.8, 4) is 0 Å². The number of benzene rings is 1. The van der Waals surface area contributed by atoms with Gasteiger partial charge in [-0.3, -0.25) is 11.3 Å². The van der Waals surface area contributed by atoms with Crippen LogP contribution >= 0.6 is 0 Å². The summed E-state index contributed by atoms with van der Waals surface area (Å²) >= 11 is 0. The van der Waals surface area contributed by atoms with E-state index in [-0.39, 0.29) is 0 Å². The third-order valence-corrected chi connectivity index (χ3v) is 1.89. The van der Waals surface area contributed by atoms with E-state index in [2.05, 4.69) is 0 Å². The summed E-state index contributed by atoms with van der Waals surface area (Å²) in [6, 6.07) is 0. The first-order valence-corrected chi connectivity index (χ1v) is 4.04. The zero-order chi connectivity index (χ0) is 12.5. The van der Waals surface area contributed by atoms with Gasteiger partial charge < -0.3 is 5.11 Å². The average molecular weight is 242 g/mol. The molecule has 8 heteroatoms. The summed E-state index contributed by atoms with van der Waals surface area (Å²) in [6.45, 7) is -0.557. The standard InChI is InChI=1S/C8H7F5N2O/c9-4-3(2(16)1-15-14)5(10)7(12)8(13)6(4)11/h2,15-16H,1,14H2. The number of nitrogens with two attached hydrogens (primary N) is 1. The van der Waals surface area contributed by atoms with Crippen molar-refractivity contribution in [1.82, 2.24) is 5.43 Å². The normalized spacial score (nSPS) is 12.9. The van der Waals surface area contributed by atoms with Gasteiger partial charge in [-0.2, -0.15) is 0 Å². The summed E-state index contributed by atoms with van der Waals surface area (Å²) in [4.78, 5) is 0. The molecule has 0 radical (unpaired) electrons. The first-order chi connectivity index (χ1) is 7.41. The fourth-order valence-electron chi connectivity index (χ4n) is 1.13. The minimum atomic E-state index is -2.27. The van der Waals surface area contributed by atoms with Gasteiger partial charge in [0.25, 0.3) is 0 Å². The molecule has 1 rings (SSSR count). The first kappa shape index (κ1) is 12.8. The van der Waals surface area contributed by atoms with Crippen LogP contribution in [0.15, 0.2) is 0 Å². The van der Waals surface area contributed by atoms with Crippen LogP contribution in [0.1, 0.15) is 11.7 Å². The lowest BCUT2D eigenvalue weighted by molar-refractivity contribution is 0.161. The number of hydrazine groups is 1. The van der Waals surface area contributed by atoms with Crippen molar-refractivity contribution < 1.29 is 27.1 Å². The molecule has 0 aliphatic carbocycles. The zero-order valence-electron chi connectivity index (χ0n) is 7.70. The molecular formula is C8H7F5N2O. The van der Waals surface area contributed by atoms with Crippen LogP contribution < -0.4 is 11.3 Å². The molecule has 0 saturated carbocycles. The monoisotopic (exact) mass is 242 g/mol. The second kappa shape index (κ2) is 4.73. The van der Waals surface area contributed by atoms with Crippen molar-refractivity contribution in [3.63, 3.8) is 0 Å². The van der Waals surface area contributed by atoms with E-state index in [4.69, 9.17) is 10.9 Å². The van der Waals surface area contributed by atoms with Gasteiger partial charge in [0.1, 0.15) is 0 Å². The predicted molar refractivity (Wildman–Crippen MR) is 43.4 cm³/mol. The molecule has 1 atom stereocenters. The van der Waals surface area contributed by atoms with E-state index in [0.717, 1.165) is 0 Å². The molecule has 1 aromatic rings. The largest absolute Gasteiger partial charge is 0.387 e. The topological polar surface area (TPSA) is 58.3 Å². The third-order valence-electron chi connectivity index (χ3n) is 1.89. The highest BCUT2D eigenvalue weighted by Gasteiger charge is 2.29. The van der Waals surface area contributed by atoms with Crippen LogP contribution in [-0.4, -0.2) is 11.7 Å². The Labute approximate surface area is 86.6 Å². The van der Waals surface area contributed by atoms with E-state index >= 15 is 0 Å². The Bertz CT molecular complexity index is 383. The number of aliphatic hydroxyl groups is 1. The van der Waals surface area contributed by atoms with Gasteiger partial charge in [0.05, 0.1) is 11.7 Å². The fraction of sp³-hybridized carbons (Fsp3) is 0.250. The predicted octanol–water partition coefficient (Wildman–Crippen LogP) is 0.879. The number of nitrogens with one attached hydrogen (secondary N) is 1. The van der Waals surface area contributed by atoms with Crippen LogP contribution in [0, 0.1) is 29.1 Å². The molecule has 0 aliphatic rings. The number of halogens is 5. The van der Waals surface area contributed by atoms with Gasteiger partial charge in [-0.15, -0.1) is 0 Å². The molecular weight excluding hydrogens is 235 g/mol. The zero-order valence-corrected chi connectivity index (χ0v) is 7.70. The number of rotatable bonds is 3. The maximum Gasteiger partial charge on any atom is 0.200 e. The molecule has 16 heavy (non-hydrogen) atoms. The van der Waals surface area contributed by atoms with Crippen molar-refractivity contribution in [2.45, 2.75) is 6.10 Å². The molecule has 3 nitrogen and oxygen atoms in total. The number of hydrogen-bond donors (Lipinski definition) is 3. The quantitative estimate of drug-likeness (QED) is 0.242. The van der Waals surface area contributed by atoms with Crippen LogP contribution in [0.25, 0.3) is 0 Å². The van der Waals surface area contributed by atoms with Crippen LogP contribution in [0.4, 0.5) is 22.0 Å². The molecule has 0 heterocycles. The van der Waals surface area contributed by atoms with Gasteiger partial charge in [0.2, 0.25) is 5.82 Å². The van der Waals surface area contributed by atoms with Gasteiger partial charge in [0, 0.05) is 6.54 Å². The maximum atomic E-state index is 13.0. The smallest absolute Gasteiger partial charge is 0.200 e. The highest BCUT2D eigenvalue weighted by Crippen LogP contribution is 2.27. The summed E-state index contributed by atoms with van der Waals surface area (Å²) in [6.07, 6.45) is -1.94. The lowest BCUT2D eigenvalue weighted by atomic mass is 10.1. The summed E-state index contributed by atoms with van der Waals surface area (Å²) in [5, 5.41) is 9.14. The van der Waals surface area contributed by atoms with E-state index in [9.17, 15) is 22.0 Å². The minimum absolute atomic E-state index is 0.557. The van der Waals surface area contributed by atoms with Gasteiger partial charge in [-0.1, -0.05) is 0 Å². The van der Waals surface area contributed by atoms with E-state index in [1.54, 1.807) is 0 Å². The van der Waals surface area contributed by atoms with E-state index in [0.29, 0.717) is 0 Å². The van der Waals surface area contributed by atoms with Crippen molar-refractivity contribution >= 4 is 0 Å². The average Bonchev–Trinajstić information content (AvgIpc) is 2.24. The second-order valence-electron chi connectivity index (χ2n) is 2.91. The second-order valence-corrected chi connectivity index (χ2v) is 2.91. The Balaban J connectivity index is 3.39. The van der Waals surface area contributed by atoms with Crippen LogP contribution in [0.5, 0.6) is 0 Å². The Morgan fingerprint density at radius 1 is 0.938 bits per heavy atom. The molecule has 0 aromatic heterocycles. The van der Waals surface area contributed by atoms with E-state index < -0.39 is 47.3 Å². The Kier molecular flexibility index (Phi) is 3.79. The highest BCUT2D eigenvalue weighted by atomic mass is 19.2. The van der Waals surface area contributed by atoms with Gasteiger partial charge >= 0.3 is 0 Å². The fourth-order valence-corrected chi connectivity index (χ4v) is 1.13. The van der Waals surface area contributed by atoms with Gasteiger partial charge in [-0.25, -0.2) is 22.0 Å². The molecule has 1 unspecified atom stereocenters. The molecule has 0 fully saturated rings.